The van der Waals surface area contributed by atoms with Crippen LogP contribution < -0.4 is 11.5 Å². The minimum absolute atomic E-state index is 0.223. The van der Waals surface area contributed by atoms with Crippen LogP contribution in [0.1, 0.15) is 30.0 Å². The van der Waals surface area contributed by atoms with E-state index in [0.717, 1.165) is 18.2 Å². The third-order valence-electron chi connectivity index (χ3n) is 2.45. The second-order valence-corrected chi connectivity index (χ2v) is 3.74. The summed E-state index contributed by atoms with van der Waals surface area (Å²) in [5.41, 5.74) is 9.34. The van der Waals surface area contributed by atoms with Crippen molar-refractivity contribution in [3.8, 4) is 0 Å². The van der Waals surface area contributed by atoms with Gasteiger partial charge in [0.25, 0.3) is 0 Å². The molecule has 0 amide bonds. The van der Waals surface area contributed by atoms with E-state index in [1.54, 1.807) is 0 Å². The van der Waals surface area contributed by atoms with Crippen molar-refractivity contribution < 1.29 is 17.6 Å². The first-order valence-electron chi connectivity index (χ1n) is 5.19. The summed E-state index contributed by atoms with van der Waals surface area (Å²) in [4.78, 5) is 0. The van der Waals surface area contributed by atoms with Crippen LogP contribution in [0.3, 0.4) is 0 Å². The summed E-state index contributed by atoms with van der Waals surface area (Å²) >= 11 is 0. The second-order valence-electron chi connectivity index (χ2n) is 3.74. The molecular formula is C11H14F4N2. The van der Waals surface area contributed by atoms with Crippen LogP contribution in [0, 0.1) is 5.82 Å². The molecule has 1 atom stereocenters. The van der Waals surface area contributed by atoms with Gasteiger partial charge in [0.05, 0.1) is 5.56 Å². The van der Waals surface area contributed by atoms with Gasteiger partial charge in [0.15, 0.2) is 0 Å². The van der Waals surface area contributed by atoms with Gasteiger partial charge >= 0.3 is 6.18 Å². The van der Waals surface area contributed by atoms with Crippen LogP contribution >= 0.6 is 0 Å². The van der Waals surface area contributed by atoms with Crippen LogP contribution in [0.2, 0.25) is 0 Å². The number of hydrogen-bond acceptors (Lipinski definition) is 2. The Bertz CT molecular complexity index is 376. The van der Waals surface area contributed by atoms with E-state index >= 15 is 0 Å². The SMILES string of the molecule is NCCC[C@@H](N)c1c(F)cccc1C(F)(F)F. The fourth-order valence-electron chi connectivity index (χ4n) is 1.64. The molecule has 0 aliphatic carbocycles. The highest BCUT2D eigenvalue weighted by atomic mass is 19.4. The van der Waals surface area contributed by atoms with Gasteiger partial charge in [0.2, 0.25) is 0 Å². The first-order chi connectivity index (χ1) is 7.88. The maximum atomic E-state index is 13.4. The van der Waals surface area contributed by atoms with Gasteiger partial charge in [-0.15, -0.1) is 0 Å². The molecule has 1 rings (SSSR count). The number of rotatable bonds is 4. The van der Waals surface area contributed by atoms with E-state index < -0.39 is 29.2 Å². The van der Waals surface area contributed by atoms with E-state index in [0.29, 0.717) is 13.0 Å². The molecule has 4 N–H and O–H groups in total. The standard InChI is InChI=1S/C11H14F4N2/c12-8-4-1-3-7(11(13,14)15)10(8)9(17)5-2-6-16/h1,3-4,9H,2,5-6,16-17H2/t9-/m1/s1. The molecule has 0 aliphatic rings. The van der Waals surface area contributed by atoms with E-state index in [4.69, 9.17) is 11.5 Å². The zero-order valence-corrected chi connectivity index (χ0v) is 9.10. The first kappa shape index (κ1) is 13.9. The highest BCUT2D eigenvalue weighted by Gasteiger charge is 2.35. The average molecular weight is 250 g/mol. The molecule has 0 unspecified atom stereocenters. The number of benzene rings is 1. The minimum atomic E-state index is -4.60. The van der Waals surface area contributed by atoms with Crippen molar-refractivity contribution in [2.24, 2.45) is 11.5 Å². The number of nitrogens with two attached hydrogens (primary N) is 2. The molecule has 0 heterocycles. The van der Waals surface area contributed by atoms with E-state index in [1.165, 1.54) is 0 Å². The van der Waals surface area contributed by atoms with Crippen LogP contribution in [0.25, 0.3) is 0 Å². The van der Waals surface area contributed by atoms with Gasteiger partial charge in [-0.2, -0.15) is 13.2 Å². The molecule has 0 aromatic heterocycles. The van der Waals surface area contributed by atoms with E-state index in [1.807, 2.05) is 0 Å². The predicted octanol–water partition coefficient (Wildman–Crippen LogP) is 2.58. The quantitative estimate of drug-likeness (QED) is 0.807. The topological polar surface area (TPSA) is 52.0 Å². The highest BCUT2D eigenvalue weighted by molar-refractivity contribution is 5.33. The molecule has 0 bridgehead atoms. The molecule has 96 valence electrons. The molecule has 1 aromatic carbocycles. The van der Waals surface area contributed by atoms with Crippen LogP contribution in [-0.4, -0.2) is 6.54 Å². The molecule has 0 aliphatic heterocycles. The van der Waals surface area contributed by atoms with E-state index in [-0.39, 0.29) is 6.42 Å². The van der Waals surface area contributed by atoms with E-state index in [9.17, 15) is 17.6 Å². The molecule has 0 radical (unpaired) electrons. The summed E-state index contributed by atoms with van der Waals surface area (Å²) in [5.74, 6) is -0.927. The predicted molar refractivity (Wildman–Crippen MR) is 56.6 cm³/mol. The van der Waals surface area contributed by atoms with Gasteiger partial charge in [-0.05, 0) is 31.5 Å². The van der Waals surface area contributed by atoms with Crippen molar-refractivity contribution in [1.82, 2.24) is 0 Å². The van der Waals surface area contributed by atoms with Crippen molar-refractivity contribution in [3.63, 3.8) is 0 Å². The number of hydrogen-bond donors (Lipinski definition) is 2. The molecule has 0 saturated heterocycles. The third kappa shape index (κ3) is 3.41. The summed E-state index contributed by atoms with van der Waals surface area (Å²) in [5, 5.41) is 0. The number of halogens is 4. The Hall–Kier alpha value is -1.14. The molecule has 2 nitrogen and oxygen atoms in total. The Morgan fingerprint density at radius 2 is 1.88 bits per heavy atom. The molecule has 17 heavy (non-hydrogen) atoms. The zero-order chi connectivity index (χ0) is 13.1. The van der Waals surface area contributed by atoms with Gasteiger partial charge in [-0.1, -0.05) is 6.07 Å². The zero-order valence-electron chi connectivity index (χ0n) is 9.10. The van der Waals surface area contributed by atoms with Crippen LogP contribution in [0.4, 0.5) is 17.6 Å². The maximum absolute atomic E-state index is 13.4. The second kappa shape index (κ2) is 5.46. The number of alkyl halides is 3. The van der Waals surface area contributed by atoms with Crippen molar-refractivity contribution in [3.05, 3.63) is 35.1 Å². The van der Waals surface area contributed by atoms with Gasteiger partial charge in [-0.25, -0.2) is 4.39 Å². The van der Waals surface area contributed by atoms with Crippen molar-refractivity contribution >= 4 is 0 Å². The summed E-state index contributed by atoms with van der Waals surface area (Å²) in [7, 11) is 0. The van der Waals surface area contributed by atoms with Crippen molar-refractivity contribution in [2.75, 3.05) is 6.54 Å². The Balaban J connectivity index is 3.12. The smallest absolute Gasteiger partial charge is 0.330 e. The maximum Gasteiger partial charge on any atom is 0.416 e. The Labute approximate surface area is 96.6 Å². The fourth-order valence-corrected chi connectivity index (χ4v) is 1.64. The van der Waals surface area contributed by atoms with Gasteiger partial charge in [0.1, 0.15) is 5.82 Å². The fraction of sp³-hybridized carbons (Fsp3) is 0.455. The Morgan fingerprint density at radius 3 is 2.41 bits per heavy atom. The van der Waals surface area contributed by atoms with Crippen molar-refractivity contribution in [2.45, 2.75) is 25.1 Å². The lowest BCUT2D eigenvalue weighted by molar-refractivity contribution is -0.138. The lowest BCUT2D eigenvalue weighted by Crippen LogP contribution is -2.20. The summed E-state index contributed by atoms with van der Waals surface area (Å²) < 4.78 is 51.4. The van der Waals surface area contributed by atoms with Crippen LogP contribution in [0.15, 0.2) is 18.2 Å². The summed E-state index contributed by atoms with van der Waals surface area (Å²) in [6.45, 7) is 0.309. The van der Waals surface area contributed by atoms with Gasteiger partial charge in [0, 0.05) is 11.6 Å². The largest absolute Gasteiger partial charge is 0.416 e. The molecule has 0 spiro atoms. The average Bonchev–Trinajstić information content (AvgIpc) is 2.24. The normalized spacial score (nSPS) is 13.8. The molecule has 0 saturated carbocycles. The lowest BCUT2D eigenvalue weighted by atomic mass is 9.96. The van der Waals surface area contributed by atoms with Gasteiger partial charge in [-0.3, -0.25) is 0 Å². The summed E-state index contributed by atoms with van der Waals surface area (Å²) in [6.07, 6.45) is -3.93. The summed E-state index contributed by atoms with van der Waals surface area (Å²) in [6, 6.07) is 1.85. The Morgan fingerprint density at radius 1 is 1.24 bits per heavy atom. The minimum Gasteiger partial charge on any atom is -0.330 e. The third-order valence-corrected chi connectivity index (χ3v) is 2.45. The van der Waals surface area contributed by atoms with Crippen molar-refractivity contribution in [1.29, 1.82) is 0 Å². The molecule has 0 fully saturated rings. The monoisotopic (exact) mass is 250 g/mol. The Kier molecular flexibility index (Phi) is 4.47. The molecular weight excluding hydrogens is 236 g/mol. The van der Waals surface area contributed by atoms with E-state index in [2.05, 4.69) is 0 Å². The first-order valence-corrected chi connectivity index (χ1v) is 5.19. The highest BCUT2D eigenvalue weighted by Crippen LogP contribution is 2.36. The van der Waals surface area contributed by atoms with Crippen LogP contribution in [-0.2, 0) is 6.18 Å². The lowest BCUT2D eigenvalue weighted by Gasteiger charge is -2.18. The van der Waals surface area contributed by atoms with Gasteiger partial charge < -0.3 is 11.5 Å². The molecule has 1 aromatic rings. The van der Waals surface area contributed by atoms with Crippen LogP contribution in [0.5, 0.6) is 0 Å². The molecule has 6 heteroatoms.